The van der Waals surface area contributed by atoms with Gasteiger partial charge >= 0.3 is 6.18 Å². The Bertz CT molecular complexity index is 113. The molecule has 11 heavy (non-hydrogen) atoms. The molecule has 0 aliphatic heterocycles. The summed E-state index contributed by atoms with van der Waals surface area (Å²) in [5.74, 6) is 0. The molecule has 0 spiro atoms. The van der Waals surface area contributed by atoms with Crippen molar-refractivity contribution in [2.24, 2.45) is 5.73 Å². The summed E-state index contributed by atoms with van der Waals surface area (Å²) < 4.78 is 35.9. The number of hydrogen-bond donors (Lipinski definition) is 1. The van der Waals surface area contributed by atoms with Gasteiger partial charge in [0.1, 0.15) is 5.25 Å². The Kier molecular flexibility index (Phi) is 4.25. The molecule has 0 aliphatic rings. The maximum absolute atomic E-state index is 12.0. The quantitative estimate of drug-likeness (QED) is 0.731. The molecule has 1 nitrogen and oxygen atoms in total. The molecular formula is C6H12F3NS. The van der Waals surface area contributed by atoms with Crippen molar-refractivity contribution in [1.29, 1.82) is 0 Å². The molecule has 0 aliphatic carbocycles. The predicted octanol–water partition coefficient (Wildman–Crippen LogP) is 2.02. The third-order valence-electron chi connectivity index (χ3n) is 1.02. The lowest BCUT2D eigenvalue weighted by Crippen LogP contribution is -2.34. The Hall–Kier alpha value is 0.100. The lowest BCUT2D eigenvalue weighted by molar-refractivity contribution is -0.126. The van der Waals surface area contributed by atoms with Crippen molar-refractivity contribution in [3.05, 3.63) is 0 Å². The van der Waals surface area contributed by atoms with Gasteiger partial charge in [-0.2, -0.15) is 13.2 Å². The lowest BCUT2D eigenvalue weighted by Gasteiger charge is -2.19. The third-order valence-corrected chi connectivity index (χ3v) is 2.35. The summed E-state index contributed by atoms with van der Waals surface area (Å²) in [5, 5.41) is -1.45. The van der Waals surface area contributed by atoms with E-state index >= 15 is 0 Å². The first-order chi connectivity index (χ1) is 4.88. The molecule has 68 valence electrons. The normalized spacial score (nSPS) is 15.5. The van der Waals surface area contributed by atoms with E-state index in [9.17, 15) is 13.2 Å². The van der Waals surface area contributed by atoms with Crippen molar-refractivity contribution in [2.45, 2.75) is 30.5 Å². The highest BCUT2D eigenvalue weighted by atomic mass is 32.2. The molecule has 0 radical (unpaired) electrons. The van der Waals surface area contributed by atoms with Crippen molar-refractivity contribution in [3.8, 4) is 0 Å². The van der Waals surface area contributed by atoms with Gasteiger partial charge in [-0.15, -0.1) is 11.8 Å². The average molecular weight is 187 g/mol. The highest BCUT2D eigenvalue weighted by Gasteiger charge is 2.39. The van der Waals surface area contributed by atoms with Gasteiger partial charge in [0.05, 0.1) is 0 Å². The van der Waals surface area contributed by atoms with Crippen LogP contribution in [-0.4, -0.2) is 23.2 Å². The second-order valence-electron chi connectivity index (χ2n) is 2.45. The van der Waals surface area contributed by atoms with Gasteiger partial charge in [0.25, 0.3) is 0 Å². The van der Waals surface area contributed by atoms with Crippen LogP contribution in [0.3, 0.4) is 0 Å². The van der Waals surface area contributed by atoms with Crippen LogP contribution >= 0.6 is 11.8 Å². The van der Waals surface area contributed by atoms with E-state index in [1.807, 2.05) is 0 Å². The Morgan fingerprint density at radius 3 is 1.91 bits per heavy atom. The summed E-state index contributed by atoms with van der Waals surface area (Å²) in [6.45, 7) is 3.10. The number of rotatable bonds is 3. The first kappa shape index (κ1) is 11.1. The zero-order valence-corrected chi connectivity index (χ0v) is 7.30. The van der Waals surface area contributed by atoms with E-state index in [2.05, 4.69) is 0 Å². The fraction of sp³-hybridized carbons (Fsp3) is 1.00. The van der Waals surface area contributed by atoms with Crippen LogP contribution in [0.15, 0.2) is 0 Å². The van der Waals surface area contributed by atoms with Crippen molar-refractivity contribution in [3.63, 3.8) is 0 Å². The second-order valence-corrected chi connectivity index (χ2v) is 4.23. The Morgan fingerprint density at radius 1 is 1.36 bits per heavy atom. The monoisotopic (exact) mass is 187 g/mol. The van der Waals surface area contributed by atoms with Crippen LogP contribution in [0.25, 0.3) is 0 Å². The number of alkyl halides is 3. The number of halogens is 3. The van der Waals surface area contributed by atoms with Crippen LogP contribution < -0.4 is 5.73 Å². The molecule has 1 unspecified atom stereocenters. The minimum atomic E-state index is -4.16. The average Bonchev–Trinajstić information content (AvgIpc) is 1.79. The standard InChI is InChI=1S/C6H12F3NS/c1-4(2)11-5(3-10)6(7,8)9/h4-5H,3,10H2,1-2H3. The summed E-state index contributed by atoms with van der Waals surface area (Å²) in [6.07, 6.45) is -4.16. The molecule has 0 aromatic heterocycles. The Balaban J connectivity index is 3.96. The predicted molar refractivity (Wildman–Crippen MR) is 41.6 cm³/mol. The first-order valence-corrected chi connectivity index (χ1v) is 4.24. The van der Waals surface area contributed by atoms with Crippen molar-refractivity contribution in [2.75, 3.05) is 6.54 Å². The molecule has 0 aromatic carbocycles. The topological polar surface area (TPSA) is 26.0 Å². The Morgan fingerprint density at radius 2 is 1.82 bits per heavy atom. The van der Waals surface area contributed by atoms with E-state index in [-0.39, 0.29) is 11.8 Å². The van der Waals surface area contributed by atoms with Crippen molar-refractivity contribution < 1.29 is 13.2 Å². The largest absolute Gasteiger partial charge is 0.401 e. The van der Waals surface area contributed by atoms with E-state index in [1.165, 1.54) is 0 Å². The third kappa shape index (κ3) is 4.53. The van der Waals surface area contributed by atoms with E-state index in [4.69, 9.17) is 5.73 Å². The van der Waals surface area contributed by atoms with Crippen LogP contribution in [0.2, 0.25) is 0 Å². The summed E-state index contributed by atoms with van der Waals surface area (Å²) in [4.78, 5) is 0. The molecule has 0 saturated carbocycles. The summed E-state index contributed by atoms with van der Waals surface area (Å²) in [5.41, 5.74) is 4.97. The second kappa shape index (κ2) is 4.21. The lowest BCUT2D eigenvalue weighted by atomic mass is 10.4. The van der Waals surface area contributed by atoms with Crippen LogP contribution in [-0.2, 0) is 0 Å². The Labute approximate surface area is 68.5 Å². The highest BCUT2D eigenvalue weighted by Crippen LogP contribution is 2.31. The van der Waals surface area contributed by atoms with Crippen LogP contribution in [0, 0.1) is 0 Å². The summed E-state index contributed by atoms with van der Waals surface area (Å²) in [7, 11) is 0. The van der Waals surface area contributed by atoms with E-state index < -0.39 is 11.4 Å². The molecule has 1 atom stereocenters. The molecule has 5 heteroatoms. The van der Waals surface area contributed by atoms with Crippen LogP contribution in [0.5, 0.6) is 0 Å². The fourth-order valence-corrected chi connectivity index (χ4v) is 1.52. The van der Waals surface area contributed by atoms with Crippen LogP contribution in [0.1, 0.15) is 13.8 Å². The summed E-state index contributed by atoms with van der Waals surface area (Å²) in [6, 6.07) is 0. The molecule has 0 amide bonds. The van der Waals surface area contributed by atoms with Gasteiger partial charge in [-0.1, -0.05) is 13.8 Å². The number of thioether (sulfide) groups is 1. The maximum atomic E-state index is 12.0. The molecule has 0 rings (SSSR count). The summed E-state index contributed by atoms with van der Waals surface area (Å²) >= 11 is 0.856. The maximum Gasteiger partial charge on any atom is 0.401 e. The molecule has 0 fully saturated rings. The van der Waals surface area contributed by atoms with Gasteiger partial charge in [0, 0.05) is 6.54 Å². The van der Waals surface area contributed by atoms with E-state index in [0.29, 0.717) is 0 Å². The highest BCUT2D eigenvalue weighted by molar-refractivity contribution is 8.00. The van der Waals surface area contributed by atoms with Crippen LogP contribution in [0.4, 0.5) is 13.2 Å². The minimum absolute atomic E-state index is 0.0369. The SMILES string of the molecule is CC(C)SC(CN)C(F)(F)F. The van der Waals surface area contributed by atoms with Gasteiger partial charge in [0.15, 0.2) is 0 Å². The molecule has 0 bridgehead atoms. The van der Waals surface area contributed by atoms with Crippen molar-refractivity contribution >= 4 is 11.8 Å². The van der Waals surface area contributed by atoms with Gasteiger partial charge in [-0.25, -0.2) is 0 Å². The van der Waals surface area contributed by atoms with Gasteiger partial charge in [-0.05, 0) is 5.25 Å². The zero-order valence-electron chi connectivity index (χ0n) is 6.48. The van der Waals surface area contributed by atoms with Crippen molar-refractivity contribution in [1.82, 2.24) is 0 Å². The first-order valence-electron chi connectivity index (χ1n) is 3.30. The molecule has 0 aromatic rings. The van der Waals surface area contributed by atoms with Gasteiger partial charge in [0.2, 0.25) is 0 Å². The fourth-order valence-electron chi connectivity index (χ4n) is 0.595. The molecular weight excluding hydrogens is 175 g/mol. The smallest absolute Gasteiger partial charge is 0.329 e. The zero-order chi connectivity index (χ0) is 9.07. The van der Waals surface area contributed by atoms with E-state index in [1.54, 1.807) is 13.8 Å². The molecule has 0 heterocycles. The van der Waals surface area contributed by atoms with E-state index in [0.717, 1.165) is 11.8 Å². The molecule has 0 saturated heterocycles. The minimum Gasteiger partial charge on any atom is -0.329 e. The number of nitrogens with two attached hydrogens (primary N) is 1. The molecule has 2 N–H and O–H groups in total. The van der Waals surface area contributed by atoms with Gasteiger partial charge in [-0.3, -0.25) is 0 Å². The number of hydrogen-bond acceptors (Lipinski definition) is 2. The van der Waals surface area contributed by atoms with Gasteiger partial charge < -0.3 is 5.73 Å².